The second-order valence-corrected chi connectivity index (χ2v) is 9.67. The Morgan fingerprint density at radius 2 is 1.82 bits per heavy atom. The van der Waals surface area contributed by atoms with Crippen LogP contribution in [0.3, 0.4) is 0 Å². The zero-order valence-corrected chi connectivity index (χ0v) is 19.2. The van der Waals surface area contributed by atoms with Gasteiger partial charge in [0.1, 0.15) is 11.6 Å². The van der Waals surface area contributed by atoms with E-state index in [0.717, 1.165) is 5.56 Å². The molecule has 3 aromatic rings. The molecule has 0 N–H and O–H groups in total. The summed E-state index contributed by atoms with van der Waals surface area (Å²) < 4.78 is 71.2. The third kappa shape index (κ3) is 5.93. The van der Waals surface area contributed by atoms with Crippen LogP contribution in [0.15, 0.2) is 35.0 Å². The number of hydrogen-bond acceptors (Lipinski definition) is 7. The number of benzene rings is 1. The fourth-order valence-corrected chi connectivity index (χ4v) is 4.50. The third-order valence-electron chi connectivity index (χ3n) is 5.14. The zero-order valence-electron chi connectivity index (χ0n) is 18.4. The van der Waals surface area contributed by atoms with Gasteiger partial charge in [-0.3, -0.25) is 0 Å². The number of nitrogens with zero attached hydrogens (tertiary/aromatic N) is 5. The Balaban J connectivity index is 1.89. The summed E-state index contributed by atoms with van der Waals surface area (Å²) in [6, 6.07) is 4.80. The van der Waals surface area contributed by atoms with Crippen LogP contribution >= 0.6 is 0 Å². The van der Waals surface area contributed by atoms with Gasteiger partial charge in [-0.25, -0.2) is 27.1 Å². The van der Waals surface area contributed by atoms with Crippen LogP contribution in [0.25, 0.3) is 11.5 Å². The van der Waals surface area contributed by atoms with E-state index >= 15 is 0 Å². The van der Waals surface area contributed by atoms with E-state index in [1.165, 1.54) is 22.8 Å². The number of rotatable bonds is 10. The fourth-order valence-electron chi connectivity index (χ4n) is 3.33. The smallest absolute Gasteiger partial charge is 0.314 e. The molecule has 0 aliphatic rings. The number of hydrogen-bond donors (Lipinski definition) is 0. The Morgan fingerprint density at radius 3 is 2.36 bits per heavy atom. The van der Waals surface area contributed by atoms with Crippen LogP contribution in [-0.4, -0.2) is 51.7 Å². The summed E-state index contributed by atoms with van der Waals surface area (Å²) in [7, 11) is -3.49. The first kappa shape index (κ1) is 24.8. The standard InChI is InChI=1S/C21H24F3N5O3S/c1-4-29(33(30,31)5-2)12-14(16-7-6-13(3)8-17(16)22)9-18-25-10-15(11-26-18)20-27-28-21(32-20)19(23)24/h6-8,10-11,14,19H,4-5,9,12H2,1-3H3. The normalized spacial score (nSPS) is 13.1. The quantitative estimate of drug-likeness (QED) is 0.431. The van der Waals surface area contributed by atoms with E-state index in [-0.39, 0.29) is 36.7 Å². The van der Waals surface area contributed by atoms with Crippen molar-refractivity contribution in [3.05, 3.63) is 59.3 Å². The van der Waals surface area contributed by atoms with Crippen LogP contribution in [0, 0.1) is 12.7 Å². The van der Waals surface area contributed by atoms with E-state index in [1.54, 1.807) is 32.9 Å². The molecule has 2 heterocycles. The highest BCUT2D eigenvalue weighted by Crippen LogP contribution is 2.27. The summed E-state index contributed by atoms with van der Waals surface area (Å²) >= 11 is 0. The molecule has 1 unspecified atom stereocenters. The third-order valence-corrected chi connectivity index (χ3v) is 7.06. The largest absolute Gasteiger partial charge is 0.415 e. The second kappa shape index (κ2) is 10.4. The van der Waals surface area contributed by atoms with Crippen molar-refractivity contribution in [3.8, 4) is 11.5 Å². The van der Waals surface area contributed by atoms with E-state index in [9.17, 15) is 21.6 Å². The minimum Gasteiger partial charge on any atom is -0.415 e. The molecule has 2 aromatic heterocycles. The summed E-state index contributed by atoms with van der Waals surface area (Å²) in [4.78, 5) is 8.44. The minimum atomic E-state index is -3.49. The van der Waals surface area contributed by atoms with Gasteiger partial charge < -0.3 is 4.42 Å². The molecule has 3 rings (SSSR count). The van der Waals surface area contributed by atoms with Crippen LogP contribution in [0.5, 0.6) is 0 Å². The van der Waals surface area contributed by atoms with Crippen molar-refractivity contribution in [1.29, 1.82) is 0 Å². The first-order chi connectivity index (χ1) is 15.6. The molecule has 178 valence electrons. The van der Waals surface area contributed by atoms with Crippen LogP contribution < -0.4 is 0 Å². The molecule has 0 aliphatic heterocycles. The molecule has 0 aliphatic carbocycles. The molecule has 12 heteroatoms. The molecule has 0 radical (unpaired) electrons. The van der Waals surface area contributed by atoms with Gasteiger partial charge in [0.2, 0.25) is 10.0 Å². The van der Waals surface area contributed by atoms with Crippen LogP contribution in [0.2, 0.25) is 0 Å². The van der Waals surface area contributed by atoms with Crippen LogP contribution in [0.4, 0.5) is 13.2 Å². The SMILES string of the molecule is CCN(CC(Cc1ncc(-c2nnc(C(F)F)o2)cn1)c1ccc(C)cc1F)S(=O)(=O)CC. The average Bonchev–Trinajstić information content (AvgIpc) is 3.28. The monoisotopic (exact) mass is 483 g/mol. The van der Waals surface area contributed by atoms with Crippen molar-refractivity contribution in [3.63, 3.8) is 0 Å². The summed E-state index contributed by atoms with van der Waals surface area (Å²) in [5, 5.41) is 6.82. The summed E-state index contributed by atoms with van der Waals surface area (Å²) in [5.41, 5.74) is 1.35. The second-order valence-electron chi connectivity index (χ2n) is 7.41. The lowest BCUT2D eigenvalue weighted by Crippen LogP contribution is -2.36. The van der Waals surface area contributed by atoms with E-state index in [4.69, 9.17) is 4.42 Å². The van der Waals surface area contributed by atoms with Crippen molar-refractivity contribution in [2.75, 3.05) is 18.8 Å². The highest BCUT2D eigenvalue weighted by Gasteiger charge is 2.26. The van der Waals surface area contributed by atoms with Gasteiger partial charge in [0.25, 0.3) is 11.8 Å². The van der Waals surface area contributed by atoms with Crippen molar-refractivity contribution < 1.29 is 26.0 Å². The molecule has 0 saturated carbocycles. The molecule has 1 aromatic carbocycles. The first-order valence-corrected chi connectivity index (χ1v) is 11.9. The van der Waals surface area contributed by atoms with Gasteiger partial charge in [0.15, 0.2) is 0 Å². The lowest BCUT2D eigenvalue weighted by atomic mass is 9.93. The highest BCUT2D eigenvalue weighted by atomic mass is 32.2. The molecule has 8 nitrogen and oxygen atoms in total. The molecule has 1 atom stereocenters. The number of likely N-dealkylation sites (N-methyl/N-ethyl adjacent to an activating group) is 1. The number of aromatic nitrogens is 4. The maximum absolute atomic E-state index is 14.8. The Labute approximate surface area is 189 Å². The number of sulfonamides is 1. The van der Waals surface area contributed by atoms with Gasteiger partial charge >= 0.3 is 6.43 Å². The van der Waals surface area contributed by atoms with Crippen molar-refractivity contribution in [1.82, 2.24) is 24.5 Å². The molecule has 0 spiro atoms. The molecule has 33 heavy (non-hydrogen) atoms. The molecular formula is C21H24F3N5O3S. The first-order valence-electron chi connectivity index (χ1n) is 10.3. The topological polar surface area (TPSA) is 102 Å². The molecular weight excluding hydrogens is 459 g/mol. The van der Waals surface area contributed by atoms with Crippen molar-refractivity contribution >= 4 is 10.0 Å². The Morgan fingerprint density at radius 1 is 1.12 bits per heavy atom. The van der Waals surface area contributed by atoms with Gasteiger partial charge in [-0.2, -0.15) is 8.78 Å². The van der Waals surface area contributed by atoms with E-state index < -0.39 is 34.1 Å². The summed E-state index contributed by atoms with van der Waals surface area (Å²) in [6.07, 6.45) is -0.0537. The zero-order chi connectivity index (χ0) is 24.2. The fraction of sp³-hybridized carbons (Fsp3) is 0.429. The van der Waals surface area contributed by atoms with Gasteiger partial charge in [-0.15, -0.1) is 10.2 Å². The molecule has 0 amide bonds. The van der Waals surface area contributed by atoms with Gasteiger partial charge in [0, 0.05) is 37.8 Å². The van der Waals surface area contributed by atoms with Crippen LogP contribution in [-0.2, 0) is 16.4 Å². The predicted octanol–water partition coefficient (Wildman–Crippen LogP) is 3.91. The predicted molar refractivity (Wildman–Crippen MR) is 115 cm³/mol. The van der Waals surface area contributed by atoms with Crippen LogP contribution in [0.1, 0.15) is 49.0 Å². The maximum atomic E-state index is 14.8. The lowest BCUT2D eigenvalue weighted by Gasteiger charge is -2.26. The van der Waals surface area contributed by atoms with Crippen molar-refractivity contribution in [2.45, 2.75) is 39.5 Å². The molecule has 0 fully saturated rings. The van der Waals surface area contributed by atoms with Gasteiger partial charge in [-0.1, -0.05) is 19.1 Å². The number of halogens is 3. The average molecular weight is 484 g/mol. The maximum Gasteiger partial charge on any atom is 0.314 e. The summed E-state index contributed by atoms with van der Waals surface area (Å²) in [6.45, 7) is 5.33. The van der Waals surface area contributed by atoms with Gasteiger partial charge in [0.05, 0.1) is 11.3 Å². The van der Waals surface area contributed by atoms with E-state index in [1.807, 2.05) is 0 Å². The number of aryl methyl sites for hydroxylation is 1. The highest BCUT2D eigenvalue weighted by molar-refractivity contribution is 7.89. The Kier molecular flexibility index (Phi) is 7.80. The molecule has 0 bridgehead atoms. The summed E-state index contributed by atoms with van der Waals surface area (Å²) in [5.74, 6) is -1.69. The van der Waals surface area contributed by atoms with E-state index in [2.05, 4.69) is 20.2 Å². The number of alkyl halides is 2. The lowest BCUT2D eigenvalue weighted by molar-refractivity contribution is 0.116. The Bertz CT molecular complexity index is 1190. The van der Waals surface area contributed by atoms with Gasteiger partial charge in [-0.05, 0) is 31.0 Å². The Hall–Kier alpha value is -2.86. The minimum absolute atomic E-state index is 0.0547. The molecule has 0 saturated heterocycles. The van der Waals surface area contributed by atoms with Crippen molar-refractivity contribution in [2.24, 2.45) is 0 Å². The van der Waals surface area contributed by atoms with E-state index in [0.29, 0.717) is 11.4 Å².